The van der Waals surface area contributed by atoms with Gasteiger partial charge in [0.1, 0.15) is 16.3 Å². The standard InChI is InChI=1S/C25H21ClFN3O2S/c1-2-21(32)28-15-7-5-9-30(13-15)25-19-12-20(26)22(23(27)24(19)29-33-25)18-11-16(31)10-14-6-3-4-8-17(14)18/h2-4,6,8,10-12,15,31H,1,5,7,9,13H2,(H,28,32). The molecule has 5 rings (SSSR count). The van der Waals surface area contributed by atoms with Crippen molar-refractivity contribution in [3.63, 3.8) is 0 Å². The number of nitrogens with zero attached hydrogens (tertiary/aromatic N) is 2. The third-order valence-corrected chi connectivity index (χ3v) is 7.23. The lowest BCUT2D eigenvalue weighted by atomic mass is 9.96. The number of hydrogen-bond acceptors (Lipinski definition) is 5. The number of piperidine rings is 1. The van der Waals surface area contributed by atoms with E-state index in [9.17, 15) is 9.90 Å². The number of aromatic hydroxyl groups is 1. The Hall–Kier alpha value is -3.16. The van der Waals surface area contributed by atoms with E-state index in [1.807, 2.05) is 24.3 Å². The molecule has 1 unspecified atom stereocenters. The lowest BCUT2D eigenvalue weighted by Gasteiger charge is -2.33. The smallest absolute Gasteiger partial charge is 0.243 e. The van der Waals surface area contributed by atoms with E-state index < -0.39 is 5.82 Å². The fraction of sp³-hybridized carbons (Fsp3) is 0.200. The van der Waals surface area contributed by atoms with Crippen LogP contribution in [0.1, 0.15) is 12.8 Å². The van der Waals surface area contributed by atoms with Crippen molar-refractivity contribution in [3.8, 4) is 16.9 Å². The van der Waals surface area contributed by atoms with Gasteiger partial charge in [-0.2, -0.15) is 4.37 Å². The van der Waals surface area contributed by atoms with E-state index in [0.29, 0.717) is 17.5 Å². The molecule has 1 amide bonds. The van der Waals surface area contributed by atoms with E-state index >= 15 is 4.39 Å². The van der Waals surface area contributed by atoms with Crippen molar-refractivity contribution in [3.05, 3.63) is 66.0 Å². The van der Waals surface area contributed by atoms with Gasteiger partial charge >= 0.3 is 0 Å². The summed E-state index contributed by atoms with van der Waals surface area (Å²) in [7, 11) is 0. The van der Waals surface area contributed by atoms with E-state index in [-0.39, 0.29) is 33.8 Å². The predicted molar refractivity (Wildman–Crippen MR) is 133 cm³/mol. The van der Waals surface area contributed by atoms with E-state index in [2.05, 4.69) is 21.2 Å². The van der Waals surface area contributed by atoms with Crippen molar-refractivity contribution in [2.45, 2.75) is 18.9 Å². The molecule has 1 saturated heterocycles. The first-order valence-electron chi connectivity index (χ1n) is 10.6. The number of phenols is 1. The number of fused-ring (bicyclic) bond motifs is 2. The molecule has 3 aromatic carbocycles. The molecule has 5 nitrogen and oxygen atoms in total. The normalized spacial score (nSPS) is 16.3. The number of anilines is 1. The lowest BCUT2D eigenvalue weighted by Crippen LogP contribution is -2.47. The Morgan fingerprint density at radius 3 is 2.94 bits per heavy atom. The van der Waals surface area contributed by atoms with Gasteiger partial charge in [0.2, 0.25) is 5.91 Å². The van der Waals surface area contributed by atoms with Gasteiger partial charge < -0.3 is 15.3 Å². The van der Waals surface area contributed by atoms with E-state index in [4.69, 9.17) is 11.6 Å². The van der Waals surface area contributed by atoms with Crippen molar-refractivity contribution in [2.75, 3.05) is 18.0 Å². The average Bonchev–Trinajstić information content (AvgIpc) is 3.23. The monoisotopic (exact) mass is 481 g/mol. The number of hydrogen-bond donors (Lipinski definition) is 2. The van der Waals surface area contributed by atoms with Crippen LogP contribution in [-0.2, 0) is 4.79 Å². The maximum Gasteiger partial charge on any atom is 0.243 e. The average molecular weight is 482 g/mol. The van der Waals surface area contributed by atoms with Crippen molar-refractivity contribution in [1.29, 1.82) is 0 Å². The quantitative estimate of drug-likeness (QED) is 0.357. The molecule has 0 bridgehead atoms. The highest BCUT2D eigenvalue weighted by atomic mass is 35.5. The van der Waals surface area contributed by atoms with Crippen LogP contribution in [0.15, 0.2) is 55.1 Å². The number of rotatable bonds is 4. The molecule has 0 aliphatic carbocycles. The highest BCUT2D eigenvalue weighted by Crippen LogP contribution is 2.44. The molecule has 1 fully saturated rings. The zero-order valence-electron chi connectivity index (χ0n) is 17.6. The molecule has 1 aromatic heterocycles. The number of carbonyl (C=O) groups excluding carboxylic acids is 1. The van der Waals surface area contributed by atoms with Gasteiger partial charge in [-0.05, 0) is 65.0 Å². The number of carbonyl (C=O) groups is 1. The SMILES string of the molecule is C=CC(=O)NC1CCCN(c2snc3c(F)c(-c4cc(O)cc5ccccc45)c(Cl)cc23)C1. The maximum atomic E-state index is 15.8. The van der Waals surface area contributed by atoms with Crippen LogP contribution in [0.5, 0.6) is 5.75 Å². The molecular weight excluding hydrogens is 461 g/mol. The summed E-state index contributed by atoms with van der Waals surface area (Å²) < 4.78 is 20.3. The van der Waals surface area contributed by atoms with E-state index in [1.165, 1.54) is 23.7 Å². The maximum absolute atomic E-state index is 15.8. The molecule has 0 spiro atoms. The number of nitrogens with one attached hydrogen (secondary N) is 1. The van der Waals surface area contributed by atoms with Crippen LogP contribution in [0, 0.1) is 5.82 Å². The summed E-state index contributed by atoms with van der Waals surface area (Å²) in [5.74, 6) is -0.670. The third-order valence-electron chi connectivity index (χ3n) is 6.00. The van der Waals surface area contributed by atoms with Gasteiger partial charge in [-0.25, -0.2) is 4.39 Å². The minimum Gasteiger partial charge on any atom is -0.508 e. The molecule has 1 aliphatic rings. The third kappa shape index (κ3) is 3.92. The summed E-state index contributed by atoms with van der Waals surface area (Å²) in [5, 5.41) is 16.5. The molecule has 8 heteroatoms. The Morgan fingerprint density at radius 1 is 1.30 bits per heavy atom. The van der Waals surface area contributed by atoms with E-state index in [1.54, 1.807) is 12.1 Å². The van der Waals surface area contributed by atoms with Gasteiger partial charge in [-0.3, -0.25) is 4.79 Å². The summed E-state index contributed by atoms with van der Waals surface area (Å²) in [6.07, 6.45) is 3.03. The number of halogens is 2. The van der Waals surface area contributed by atoms with E-state index in [0.717, 1.165) is 35.2 Å². The van der Waals surface area contributed by atoms with Crippen molar-refractivity contribution in [1.82, 2.24) is 9.69 Å². The minimum atomic E-state index is -0.510. The first-order valence-corrected chi connectivity index (χ1v) is 11.8. The van der Waals surface area contributed by atoms with Crippen LogP contribution in [0.25, 0.3) is 32.8 Å². The molecule has 0 saturated carbocycles. The Labute approximate surface area is 199 Å². The molecule has 1 atom stereocenters. The summed E-state index contributed by atoms with van der Waals surface area (Å²) in [6, 6.07) is 12.4. The fourth-order valence-corrected chi connectivity index (χ4v) is 5.70. The molecule has 2 N–H and O–H groups in total. The lowest BCUT2D eigenvalue weighted by molar-refractivity contribution is -0.117. The Morgan fingerprint density at radius 2 is 2.12 bits per heavy atom. The zero-order valence-corrected chi connectivity index (χ0v) is 19.2. The minimum absolute atomic E-state index is 0.0142. The molecule has 2 heterocycles. The highest BCUT2D eigenvalue weighted by molar-refractivity contribution is 7.11. The van der Waals surface area contributed by atoms with Crippen LogP contribution in [0.3, 0.4) is 0 Å². The largest absolute Gasteiger partial charge is 0.508 e. The zero-order chi connectivity index (χ0) is 23.1. The highest BCUT2D eigenvalue weighted by Gasteiger charge is 2.26. The van der Waals surface area contributed by atoms with Gasteiger partial charge in [0.25, 0.3) is 0 Å². The summed E-state index contributed by atoms with van der Waals surface area (Å²) in [6.45, 7) is 4.90. The fourth-order valence-electron chi connectivity index (χ4n) is 4.52. The number of benzene rings is 3. The molecule has 4 aromatic rings. The first kappa shape index (κ1) is 21.7. The van der Waals surface area contributed by atoms with Gasteiger partial charge in [0.15, 0.2) is 5.82 Å². The van der Waals surface area contributed by atoms with Gasteiger partial charge in [-0.1, -0.05) is 42.4 Å². The number of aromatic nitrogens is 1. The van der Waals surface area contributed by atoms with Crippen LogP contribution in [0.4, 0.5) is 9.39 Å². The second-order valence-corrected chi connectivity index (χ2v) is 9.30. The van der Waals surface area contributed by atoms with Gasteiger partial charge in [-0.15, -0.1) is 0 Å². The van der Waals surface area contributed by atoms with Crippen LogP contribution < -0.4 is 10.2 Å². The second kappa shape index (κ2) is 8.65. The Bertz CT molecular complexity index is 1400. The molecular formula is C25H21ClFN3O2S. The first-order chi connectivity index (χ1) is 16.0. The van der Waals surface area contributed by atoms with Crippen LogP contribution in [-0.4, -0.2) is 34.5 Å². The molecule has 1 aliphatic heterocycles. The molecule has 33 heavy (non-hydrogen) atoms. The topological polar surface area (TPSA) is 65.5 Å². The summed E-state index contributed by atoms with van der Waals surface area (Å²) in [4.78, 5) is 13.8. The van der Waals surface area contributed by atoms with Crippen LogP contribution in [0.2, 0.25) is 5.02 Å². The number of amides is 1. The van der Waals surface area contributed by atoms with Gasteiger partial charge in [0.05, 0.1) is 5.02 Å². The Kier molecular flexibility index (Phi) is 5.68. The Balaban J connectivity index is 1.59. The van der Waals surface area contributed by atoms with Crippen LogP contribution >= 0.6 is 23.1 Å². The van der Waals surface area contributed by atoms with Crippen molar-refractivity contribution < 1.29 is 14.3 Å². The molecule has 168 valence electrons. The summed E-state index contributed by atoms with van der Waals surface area (Å²) >= 11 is 7.87. The molecule has 0 radical (unpaired) electrons. The van der Waals surface area contributed by atoms with Crippen molar-refractivity contribution in [2.24, 2.45) is 0 Å². The second-order valence-electron chi connectivity index (χ2n) is 8.14. The number of phenolic OH excluding ortho intramolecular Hbond substituents is 1. The van der Waals surface area contributed by atoms with Crippen molar-refractivity contribution >= 4 is 55.7 Å². The summed E-state index contributed by atoms with van der Waals surface area (Å²) in [5.41, 5.74) is 0.997. The van der Waals surface area contributed by atoms with Gasteiger partial charge in [0, 0.05) is 30.1 Å². The predicted octanol–water partition coefficient (Wildman–Crippen LogP) is 5.89.